The summed E-state index contributed by atoms with van der Waals surface area (Å²) in [5, 5.41) is 3.76. The van der Waals surface area contributed by atoms with Crippen molar-refractivity contribution in [1.29, 1.82) is 0 Å². The largest absolute Gasteiger partial charge is 0.486 e. The highest BCUT2D eigenvalue weighted by Crippen LogP contribution is 2.42. The van der Waals surface area contributed by atoms with Gasteiger partial charge in [0.25, 0.3) is 0 Å². The molecule has 0 aliphatic carbocycles. The zero-order valence-electron chi connectivity index (χ0n) is 12.9. The predicted octanol–water partition coefficient (Wildman–Crippen LogP) is 2.97. The second-order valence-corrected chi connectivity index (χ2v) is 6.71. The van der Waals surface area contributed by atoms with E-state index in [1.165, 1.54) is 31.4 Å². The Morgan fingerprint density at radius 1 is 1.30 bits per heavy atom. The highest BCUT2D eigenvalue weighted by molar-refractivity contribution is 5.42. The first kappa shape index (κ1) is 13.9. The van der Waals surface area contributed by atoms with Crippen molar-refractivity contribution in [3.05, 3.63) is 29.8 Å². The zero-order chi connectivity index (χ0) is 14.2. The fraction of sp³-hybridized carbons (Fsp3) is 0.647. The molecule has 3 nitrogen and oxygen atoms in total. The lowest BCUT2D eigenvalue weighted by atomic mass is 9.93. The Bertz CT molecular complexity index is 472. The number of nitrogens with zero attached hydrogens (tertiary/aromatic N) is 1. The third-order valence-corrected chi connectivity index (χ3v) is 4.78. The molecule has 2 aliphatic rings. The monoisotopic (exact) mass is 274 g/mol. The van der Waals surface area contributed by atoms with E-state index in [0.29, 0.717) is 6.04 Å². The number of nitrogens with one attached hydrogen (secondary N) is 1. The normalized spacial score (nSPS) is 28.9. The van der Waals surface area contributed by atoms with Gasteiger partial charge in [-0.05, 0) is 46.3 Å². The number of benzene rings is 1. The second kappa shape index (κ2) is 5.38. The van der Waals surface area contributed by atoms with Crippen molar-refractivity contribution < 1.29 is 4.74 Å². The fourth-order valence-electron chi connectivity index (χ4n) is 3.54. The van der Waals surface area contributed by atoms with Gasteiger partial charge in [0, 0.05) is 18.2 Å². The van der Waals surface area contributed by atoms with Gasteiger partial charge in [-0.25, -0.2) is 0 Å². The van der Waals surface area contributed by atoms with Crippen LogP contribution >= 0.6 is 0 Å². The van der Waals surface area contributed by atoms with Crippen molar-refractivity contribution >= 4 is 0 Å². The molecule has 0 radical (unpaired) electrons. The molecule has 1 N–H and O–H groups in total. The lowest BCUT2D eigenvalue weighted by Gasteiger charge is -2.35. The standard InChI is InChI=1S/C17H26N2O/c1-17(2)16(14-9-4-5-10-15(14)20-17)18-12-13-8-6-7-11-19(13)3/h4-5,9-10,13,16,18H,6-8,11-12H2,1-3H3. The van der Waals surface area contributed by atoms with E-state index in [1.807, 2.05) is 6.07 Å². The van der Waals surface area contributed by atoms with E-state index in [9.17, 15) is 0 Å². The van der Waals surface area contributed by atoms with E-state index in [2.05, 4.69) is 49.3 Å². The number of ether oxygens (including phenoxy) is 1. The third-order valence-electron chi connectivity index (χ3n) is 4.78. The van der Waals surface area contributed by atoms with E-state index in [-0.39, 0.29) is 11.6 Å². The molecule has 0 bridgehead atoms. The molecule has 2 atom stereocenters. The molecule has 2 aliphatic heterocycles. The van der Waals surface area contributed by atoms with Crippen LogP contribution in [-0.2, 0) is 0 Å². The molecule has 0 aromatic heterocycles. The average Bonchev–Trinajstić information content (AvgIpc) is 2.68. The Kier molecular flexibility index (Phi) is 3.74. The van der Waals surface area contributed by atoms with Crippen LogP contribution in [-0.4, -0.2) is 36.7 Å². The number of hydrogen-bond acceptors (Lipinski definition) is 3. The number of fused-ring (bicyclic) bond motifs is 1. The minimum absolute atomic E-state index is 0.170. The molecule has 110 valence electrons. The summed E-state index contributed by atoms with van der Waals surface area (Å²) >= 11 is 0. The highest BCUT2D eigenvalue weighted by Gasteiger charge is 2.40. The molecule has 0 saturated carbocycles. The maximum absolute atomic E-state index is 6.10. The van der Waals surface area contributed by atoms with E-state index in [1.54, 1.807) is 0 Å². The van der Waals surface area contributed by atoms with Gasteiger partial charge >= 0.3 is 0 Å². The van der Waals surface area contributed by atoms with Gasteiger partial charge in [-0.1, -0.05) is 24.6 Å². The van der Waals surface area contributed by atoms with Crippen LogP contribution in [0.15, 0.2) is 24.3 Å². The third kappa shape index (κ3) is 2.57. The maximum Gasteiger partial charge on any atom is 0.125 e. The molecular formula is C17H26N2O. The summed E-state index contributed by atoms with van der Waals surface area (Å²) in [5.74, 6) is 1.03. The molecular weight excluding hydrogens is 248 g/mol. The van der Waals surface area contributed by atoms with Crippen LogP contribution in [0.2, 0.25) is 0 Å². The first-order valence-corrected chi connectivity index (χ1v) is 7.79. The number of piperidine rings is 1. The van der Waals surface area contributed by atoms with E-state index in [0.717, 1.165) is 12.3 Å². The van der Waals surface area contributed by atoms with Gasteiger partial charge in [0.1, 0.15) is 11.4 Å². The number of likely N-dealkylation sites (N-methyl/N-ethyl adjacent to an activating group) is 1. The molecule has 3 rings (SSSR count). The average molecular weight is 274 g/mol. The first-order chi connectivity index (χ1) is 9.58. The van der Waals surface area contributed by atoms with Crippen molar-refractivity contribution in [2.24, 2.45) is 0 Å². The van der Waals surface area contributed by atoms with Crippen LogP contribution in [0, 0.1) is 0 Å². The molecule has 2 unspecified atom stereocenters. The zero-order valence-corrected chi connectivity index (χ0v) is 12.9. The molecule has 3 heteroatoms. The summed E-state index contributed by atoms with van der Waals surface area (Å²) in [4.78, 5) is 2.49. The number of hydrogen-bond donors (Lipinski definition) is 1. The Balaban J connectivity index is 1.70. The molecule has 1 saturated heterocycles. The summed E-state index contributed by atoms with van der Waals surface area (Å²) in [6.07, 6.45) is 4.00. The lowest BCUT2D eigenvalue weighted by Crippen LogP contribution is -2.47. The predicted molar refractivity (Wildman–Crippen MR) is 82.2 cm³/mol. The van der Waals surface area contributed by atoms with Gasteiger partial charge in [-0.15, -0.1) is 0 Å². The van der Waals surface area contributed by atoms with Gasteiger partial charge < -0.3 is 15.0 Å². The molecule has 2 heterocycles. The lowest BCUT2D eigenvalue weighted by molar-refractivity contribution is 0.0886. The Hall–Kier alpha value is -1.06. The highest BCUT2D eigenvalue weighted by atomic mass is 16.5. The molecule has 20 heavy (non-hydrogen) atoms. The molecule has 1 fully saturated rings. The van der Waals surface area contributed by atoms with Gasteiger partial charge in [-0.2, -0.15) is 0 Å². The van der Waals surface area contributed by atoms with E-state index >= 15 is 0 Å². The van der Waals surface area contributed by atoms with Gasteiger partial charge in [0.15, 0.2) is 0 Å². The van der Waals surface area contributed by atoms with Crippen molar-refractivity contribution in [2.75, 3.05) is 20.1 Å². The minimum atomic E-state index is -0.170. The SMILES string of the molecule is CN1CCCCC1CNC1c2ccccc2OC1(C)C. The van der Waals surface area contributed by atoms with Gasteiger partial charge in [-0.3, -0.25) is 0 Å². The number of likely N-dealkylation sites (tertiary alicyclic amines) is 1. The summed E-state index contributed by atoms with van der Waals surface area (Å²) in [5.41, 5.74) is 1.13. The van der Waals surface area contributed by atoms with Crippen molar-refractivity contribution in [1.82, 2.24) is 10.2 Å². The molecule has 0 amide bonds. The summed E-state index contributed by atoms with van der Waals surface area (Å²) in [6, 6.07) is 9.36. The van der Waals surface area contributed by atoms with Crippen LogP contribution < -0.4 is 10.1 Å². The van der Waals surface area contributed by atoms with Crippen LogP contribution in [0.25, 0.3) is 0 Å². The second-order valence-electron chi connectivity index (χ2n) is 6.71. The van der Waals surface area contributed by atoms with Crippen LogP contribution in [0.3, 0.4) is 0 Å². The first-order valence-electron chi connectivity index (χ1n) is 7.79. The molecule has 1 aromatic rings. The van der Waals surface area contributed by atoms with Crippen LogP contribution in [0.1, 0.15) is 44.7 Å². The van der Waals surface area contributed by atoms with Crippen LogP contribution in [0.4, 0.5) is 0 Å². The van der Waals surface area contributed by atoms with E-state index in [4.69, 9.17) is 4.74 Å². The fourth-order valence-corrected chi connectivity index (χ4v) is 3.54. The molecule has 1 aromatic carbocycles. The Morgan fingerprint density at radius 3 is 2.90 bits per heavy atom. The maximum atomic E-state index is 6.10. The van der Waals surface area contributed by atoms with Crippen molar-refractivity contribution in [3.63, 3.8) is 0 Å². The summed E-state index contributed by atoms with van der Waals surface area (Å²) < 4.78 is 6.10. The quantitative estimate of drug-likeness (QED) is 0.917. The summed E-state index contributed by atoms with van der Waals surface area (Å²) in [6.45, 7) is 6.63. The van der Waals surface area contributed by atoms with Gasteiger partial charge in [0.05, 0.1) is 6.04 Å². The van der Waals surface area contributed by atoms with Crippen molar-refractivity contribution in [2.45, 2.75) is 50.8 Å². The number of rotatable bonds is 3. The smallest absolute Gasteiger partial charge is 0.125 e. The Labute approximate surface area is 122 Å². The van der Waals surface area contributed by atoms with Gasteiger partial charge in [0.2, 0.25) is 0 Å². The van der Waals surface area contributed by atoms with Crippen molar-refractivity contribution in [3.8, 4) is 5.75 Å². The van der Waals surface area contributed by atoms with E-state index < -0.39 is 0 Å². The minimum Gasteiger partial charge on any atom is -0.486 e. The topological polar surface area (TPSA) is 24.5 Å². The Morgan fingerprint density at radius 2 is 2.10 bits per heavy atom. The summed E-state index contributed by atoms with van der Waals surface area (Å²) in [7, 11) is 2.25. The number of para-hydroxylation sites is 1. The molecule has 0 spiro atoms. The van der Waals surface area contributed by atoms with Crippen LogP contribution in [0.5, 0.6) is 5.75 Å².